The molecule has 3 aromatic rings. The van der Waals surface area contributed by atoms with Gasteiger partial charge in [0.25, 0.3) is 0 Å². The molecule has 5 nitrogen and oxygen atoms in total. The van der Waals surface area contributed by atoms with Crippen molar-refractivity contribution in [2.45, 2.75) is 90.6 Å². The standard InChI is InChI=1S/C35H46FN3O2/c1-34(2,3)29-21-25(22-30(32(29)40)35(4,5)6)11-14-26-9-7-8-10-31(26)38-33(41)37-28-17-19-39(20-18-28)23-24-12-15-27(36)16-13-24/h7-10,12-13,15-16,21-22,28,40H,11,14,17-20,23H2,1-6H3,(H2,37,38,41). The molecule has 3 aromatic carbocycles. The highest BCUT2D eigenvalue weighted by molar-refractivity contribution is 5.90. The molecule has 1 saturated heterocycles. The van der Waals surface area contributed by atoms with Crippen molar-refractivity contribution in [3.8, 4) is 5.75 Å². The van der Waals surface area contributed by atoms with E-state index in [1.165, 1.54) is 17.7 Å². The molecule has 3 N–H and O–H groups in total. The number of carbonyl (C=O) groups is 1. The van der Waals surface area contributed by atoms with Crippen LogP contribution >= 0.6 is 0 Å². The summed E-state index contributed by atoms with van der Waals surface area (Å²) >= 11 is 0. The van der Waals surface area contributed by atoms with Gasteiger partial charge in [-0.1, -0.05) is 84.0 Å². The summed E-state index contributed by atoms with van der Waals surface area (Å²) in [5.74, 6) is 0.183. The number of amides is 2. The van der Waals surface area contributed by atoms with E-state index < -0.39 is 0 Å². The molecule has 41 heavy (non-hydrogen) atoms. The van der Waals surface area contributed by atoms with Crippen LogP contribution in [-0.4, -0.2) is 35.2 Å². The third-order valence-corrected chi connectivity index (χ3v) is 7.98. The zero-order valence-electron chi connectivity index (χ0n) is 25.5. The zero-order chi connectivity index (χ0) is 29.8. The molecule has 0 saturated carbocycles. The average molecular weight is 560 g/mol. The van der Waals surface area contributed by atoms with Crippen LogP contribution in [0.2, 0.25) is 0 Å². The van der Waals surface area contributed by atoms with E-state index in [9.17, 15) is 14.3 Å². The predicted octanol–water partition coefficient (Wildman–Crippen LogP) is 7.70. The van der Waals surface area contributed by atoms with Gasteiger partial charge >= 0.3 is 6.03 Å². The first-order chi connectivity index (χ1) is 19.3. The highest BCUT2D eigenvalue weighted by Crippen LogP contribution is 2.40. The summed E-state index contributed by atoms with van der Waals surface area (Å²) in [4.78, 5) is 15.3. The molecule has 1 aliphatic rings. The van der Waals surface area contributed by atoms with Crippen molar-refractivity contribution in [2.24, 2.45) is 0 Å². The summed E-state index contributed by atoms with van der Waals surface area (Å²) < 4.78 is 13.2. The summed E-state index contributed by atoms with van der Waals surface area (Å²) in [6.45, 7) is 15.4. The molecule has 0 atom stereocenters. The molecule has 0 aliphatic carbocycles. The van der Waals surface area contributed by atoms with Crippen molar-refractivity contribution in [1.82, 2.24) is 10.2 Å². The molecule has 6 heteroatoms. The number of benzene rings is 3. The van der Waals surface area contributed by atoms with E-state index >= 15 is 0 Å². The number of hydrogen-bond donors (Lipinski definition) is 3. The lowest BCUT2D eigenvalue weighted by molar-refractivity contribution is 0.190. The number of phenols is 1. The predicted molar refractivity (Wildman–Crippen MR) is 166 cm³/mol. The minimum absolute atomic E-state index is 0.121. The number of anilines is 1. The van der Waals surface area contributed by atoms with E-state index in [1.54, 1.807) is 0 Å². The molecule has 0 bridgehead atoms. The van der Waals surface area contributed by atoms with Crippen molar-refractivity contribution in [3.63, 3.8) is 0 Å². The van der Waals surface area contributed by atoms with Crippen LogP contribution in [0.25, 0.3) is 0 Å². The largest absolute Gasteiger partial charge is 0.507 e. The highest BCUT2D eigenvalue weighted by atomic mass is 19.1. The number of aryl methyl sites for hydroxylation is 2. The van der Waals surface area contributed by atoms with E-state index in [-0.39, 0.29) is 28.7 Å². The van der Waals surface area contributed by atoms with Crippen LogP contribution in [-0.2, 0) is 30.2 Å². The number of nitrogens with zero attached hydrogens (tertiary/aromatic N) is 1. The number of halogens is 1. The van der Waals surface area contributed by atoms with Crippen LogP contribution in [0.3, 0.4) is 0 Å². The number of para-hydroxylation sites is 1. The minimum Gasteiger partial charge on any atom is -0.507 e. The lowest BCUT2D eigenvalue weighted by Crippen LogP contribution is -2.45. The van der Waals surface area contributed by atoms with Crippen LogP contribution in [0.15, 0.2) is 60.7 Å². The van der Waals surface area contributed by atoms with Gasteiger partial charge in [0.15, 0.2) is 0 Å². The second-order valence-electron chi connectivity index (χ2n) is 13.5. The zero-order valence-corrected chi connectivity index (χ0v) is 25.5. The Bertz CT molecular complexity index is 1300. The number of hydrogen-bond acceptors (Lipinski definition) is 3. The van der Waals surface area contributed by atoms with Crippen LogP contribution in [0.1, 0.15) is 82.2 Å². The number of piperidine rings is 1. The Hall–Kier alpha value is -3.38. The van der Waals surface area contributed by atoms with Gasteiger partial charge in [0.2, 0.25) is 0 Å². The Morgan fingerprint density at radius 3 is 2.05 bits per heavy atom. The van der Waals surface area contributed by atoms with Crippen LogP contribution < -0.4 is 10.6 Å². The molecule has 0 unspecified atom stereocenters. The van der Waals surface area contributed by atoms with Gasteiger partial charge in [0, 0.05) is 31.4 Å². The normalized spacial score (nSPS) is 15.1. The maximum Gasteiger partial charge on any atom is 0.319 e. The molecular formula is C35H46FN3O2. The Balaban J connectivity index is 1.35. The van der Waals surface area contributed by atoms with E-state index in [1.807, 2.05) is 30.3 Å². The van der Waals surface area contributed by atoms with E-state index in [2.05, 4.69) is 75.3 Å². The smallest absolute Gasteiger partial charge is 0.319 e. The van der Waals surface area contributed by atoms with Gasteiger partial charge in [-0.15, -0.1) is 0 Å². The van der Waals surface area contributed by atoms with Gasteiger partial charge in [0.05, 0.1) is 0 Å². The molecule has 0 spiro atoms. The second-order valence-corrected chi connectivity index (χ2v) is 13.5. The Kier molecular flexibility index (Phi) is 9.43. The number of aromatic hydroxyl groups is 1. The summed E-state index contributed by atoms with van der Waals surface area (Å²) in [5, 5.41) is 17.3. The first-order valence-electron chi connectivity index (χ1n) is 14.8. The van der Waals surface area contributed by atoms with Crippen molar-refractivity contribution in [2.75, 3.05) is 18.4 Å². The Morgan fingerprint density at radius 2 is 1.46 bits per heavy atom. The Morgan fingerprint density at radius 1 is 0.878 bits per heavy atom. The monoisotopic (exact) mass is 559 g/mol. The number of carbonyl (C=O) groups excluding carboxylic acids is 1. The molecule has 1 heterocycles. The number of likely N-dealkylation sites (tertiary alicyclic amines) is 1. The average Bonchev–Trinajstić information content (AvgIpc) is 2.90. The number of urea groups is 1. The van der Waals surface area contributed by atoms with Crippen LogP contribution in [0.4, 0.5) is 14.9 Å². The van der Waals surface area contributed by atoms with Gasteiger partial charge in [0.1, 0.15) is 11.6 Å². The van der Waals surface area contributed by atoms with E-state index in [0.29, 0.717) is 5.75 Å². The number of phenolic OH excluding ortho intramolecular Hbond substituents is 1. The van der Waals surface area contributed by atoms with Gasteiger partial charge in [-0.3, -0.25) is 4.90 Å². The maximum atomic E-state index is 13.2. The third kappa shape index (κ3) is 8.32. The van der Waals surface area contributed by atoms with Crippen molar-refractivity contribution in [3.05, 3.63) is 94.3 Å². The molecule has 2 amide bonds. The SMILES string of the molecule is CC(C)(C)c1cc(CCc2ccccc2NC(=O)NC2CCN(Cc3ccc(F)cc3)CC2)cc(C(C)(C)C)c1O. The first kappa shape index (κ1) is 30.6. The van der Waals surface area contributed by atoms with Gasteiger partial charge < -0.3 is 15.7 Å². The number of rotatable bonds is 7. The molecule has 4 rings (SSSR count). The molecular weight excluding hydrogens is 513 g/mol. The van der Waals surface area contributed by atoms with Crippen molar-refractivity contribution < 1.29 is 14.3 Å². The summed E-state index contributed by atoms with van der Waals surface area (Å²) in [5.41, 5.74) is 5.78. The minimum atomic E-state index is -0.214. The van der Waals surface area contributed by atoms with E-state index in [4.69, 9.17) is 0 Å². The lowest BCUT2D eigenvalue weighted by Gasteiger charge is -2.32. The topological polar surface area (TPSA) is 64.6 Å². The molecule has 0 radical (unpaired) electrons. The van der Waals surface area contributed by atoms with E-state index in [0.717, 1.165) is 73.3 Å². The quantitative estimate of drug-likeness (QED) is 0.278. The Labute approximate surface area is 245 Å². The molecule has 1 aliphatic heterocycles. The summed E-state index contributed by atoms with van der Waals surface area (Å²) in [7, 11) is 0. The van der Waals surface area contributed by atoms with Crippen LogP contribution in [0, 0.1) is 5.82 Å². The van der Waals surface area contributed by atoms with Crippen LogP contribution in [0.5, 0.6) is 5.75 Å². The maximum absolute atomic E-state index is 13.2. The summed E-state index contributed by atoms with van der Waals surface area (Å²) in [6, 6.07) is 18.9. The lowest BCUT2D eigenvalue weighted by atomic mass is 9.78. The summed E-state index contributed by atoms with van der Waals surface area (Å²) in [6.07, 6.45) is 3.34. The fourth-order valence-corrected chi connectivity index (χ4v) is 5.55. The number of nitrogens with one attached hydrogen (secondary N) is 2. The van der Waals surface area contributed by atoms with Gasteiger partial charge in [-0.2, -0.15) is 0 Å². The fourth-order valence-electron chi connectivity index (χ4n) is 5.55. The molecule has 0 aromatic heterocycles. The van der Waals surface area contributed by atoms with Gasteiger partial charge in [-0.25, -0.2) is 9.18 Å². The molecule has 1 fully saturated rings. The third-order valence-electron chi connectivity index (χ3n) is 7.98. The van der Waals surface area contributed by atoms with Crippen molar-refractivity contribution >= 4 is 11.7 Å². The highest BCUT2D eigenvalue weighted by Gasteiger charge is 2.26. The first-order valence-corrected chi connectivity index (χ1v) is 14.8. The van der Waals surface area contributed by atoms with Crippen molar-refractivity contribution in [1.29, 1.82) is 0 Å². The fraction of sp³-hybridized carbons (Fsp3) is 0.457. The second kappa shape index (κ2) is 12.6. The molecule has 220 valence electrons. The van der Waals surface area contributed by atoms with Gasteiger partial charge in [-0.05, 0) is 82.5 Å².